The van der Waals surface area contributed by atoms with Crippen LogP contribution in [0.4, 0.5) is 4.39 Å². The molecule has 97 heavy (non-hydrogen) atoms. The summed E-state index contributed by atoms with van der Waals surface area (Å²) in [5, 5.41) is 0.230. The molecule has 16 nitrogen and oxygen atoms in total. The summed E-state index contributed by atoms with van der Waals surface area (Å²) in [5.41, 5.74) is 5.65. The van der Waals surface area contributed by atoms with Crippen molar-refractivity contribution in [3.05, 3.63) is 237 Å². The number of esters is 1. The average molecular weight is 1390 g/mol. The summed E-state index contributed by atoms with van der Waals surface area (Å²) >= 11 is 22.9. The van der Waals surface area contributed by atoms with Crippen LogP contribution in [0, 0.1) is 19.7 Å². The Bertz CT molecular complexity index is 4330. The zero-order valence-corrected chi connectivity index (χ0v) is 59.3. The van der Waals surface area contributed by atoms with Gasteiger partial charge in [-0.3, -0.25) is 0 Å². The summed E-state index contributed by atoms with van der Waals surface area (Å²) in [7, 11) is 2.41. The molecule has 21 heteroatoms. The Morgan fingerprint density at radius 1 is 0.711 bits per heavy atom. The number of rotatable bonds is 29. The molecule has 0 aliphatic carbocycles. The van der Waals surface area contributed by atoms with E-state index >= 15 is 0 Å². The quantitative estimate of drug-likeness (QED) is 0.0143. The lowest BCUT2D eigenvalue weighted by Crippen LogP contribution is -2.43. The largest absolute Gasteiger partial charge is 0.543 e. The minimum absolute atomic E-state index is 0.00989. The number of methoxy groups -OCH3 is 3. The molecule has 10 rings (SSSR count). The number of ether oxygens (including phenoxy) is 9. The fraction of sp³-hybridized carbons (Fsp3) is 0.276. The van der Waals surface area contributed by atoms with Crippen molar-refractivity contribution in [2.24, 2.45) is 0 Å². The standard InChI is InChI=1S/C76H77Cl3FN5O11Si/c1-13-40-90-44-59(45-93-76(51-20-16-15-17-21-51,52-26-32-56(87-8)33-27-52)53-28-34-57(88-9)35-29-53)94-71-64(77)47(3)68(48(4)65(71)78)85-69(49-24-30-54(80)31-25-49)66(79)67-70(85)73(83-46-82-67)95-63(74(86)91-14-2)42-50-41-58(96-97(11,12)75(5,6)7)36-37-61(50)92-43-55-38-39-81-72(84-55)60-22-18-19-23-62(60)89-10/h13,15-39,41,46,59,63H,1,14,40,42-45H2,2-12H3/t59-,63-/m1/s1. The Hall–Kier alpha value is -9.01. The lowest BCUT2D eigenvalue weighted by atomic mass is 9.80. The molecule has 0 unspecified atom stereocenters. The maximum Gasteiger partial charge on any atom is 0.347 e. The highest BCUT2D eigenvalue weighted by molar-refractivity contribution is 6.74. The van der Waals surface area contributed by atoms with Crippen molar-refractivity contribution in [2.75, 3.05) is 47.8 Å². The molecule has 0 spiro atoms. The van der Waals surface area contributed by atoms with Gasteiger partial charge >= 0.3 is 5.97 Å². The van der Waals surface area contributed by atoms with Gasteiger partial charge in [0.2, 0.25) is 20.3 Å². The molecule has 0 N–H and O–H groups in total. The normalized spacial score (nSPS) is 12.4. The van der Waals surface area contributed by atoms with Gasteiger partial charge in [-0.2, -0.15) is 4.98 Å². The first-order valence-electron chi connectivity index (χ1n) is 31.5. The van der Waals surface area contributed by atoms with Gasteiger partial charge in [0.1, 0.15) is 70.2 Å². The van der Waals surface area contributed by atoms with Crippen molar-refractivity contribution in [1.29, 1.82) is 0 Å². The van der Waals surface area contributed by atoms with Crippen molar-refractivity contribution < 1.29 is 56.2 Å². The second kappa shape index (κ2) is 31.0. The lowest BCUT2D eigenvalue weighted by molar-refractivity contribution is -0.151. The Kier molecular flexibility index (Phi) is 22.6. The zero-order valence-electron chi connectivity index (χ0n) is 56.0. The van der Waals surface area contributed by atoms with Crippen molar-refractivity contribution in [3.8, 4) is 68.7 Å². The number of halogens is 4. The molecule has 0 fully saturated rings. The van der Waals surface area contributed by atoms with Crippen LogP contribution in [-0.4, -0.2) is 98.8 Å². The van der Waals surface area contributed by atoms with E-state index in [1.165, 1.54) is 18.5 Å². The molecule has 7 aromatic carbocycles. The smallest absolute Gasteiger partial charge is 0.347 e. The third-order valence-corrected chi connectivity index (χ3v) is 22.7. The Morgan fingerprint density at radius 2 is 1.34 bits per heavy atom. The molecule has 0 amide bonds. The molecular formula is C76H77Cl3FN5O11Si. The molecule has 0 aliphatic heterocycles. The Morgan fingerprint density at radius 3 is 1.96 bits per heavy atom. The van der Waals surface area contributed by atoms with Crippen molar-refractivity contribution in [3.63, 3.8) is 0 Å². The van der Waals surface area contributed by atoms with E-state index in [0.717, 1.165) is 16.7 Å². The van der Waals surface area contributed by atoms with Crippen LogP contribution in [0.25, 0.3) is 39.4 Å². The molecule has 0 bridgehead atoms. The van der Waals surface area contributed by atoms with Crippen LogP contribution in [-0.2, 0) is 37.6 Å². The van der Waals surface area contributed by atoms with Gasteiger partial charge in [0.25, 0.3) is 0 Å². The average Bonchev–Trinajstić information content (AvgIpc) is 1.63. The minimum atomic E-state index is -2.42. The van der Waals surface area contributed by atoms with Crippen molar-refractivity contribution >= 4 is 60.1 Å². The van der Waals surface area contributed by atoms with E-state index in [2.05, 4.69) is 45.4 Å². The van der Waals surface area contributed by atoms with Gasteiger partial charge in [-0.15, -0.1) is 6.58 Å². The molecule has 0 saturated heterocycles. The van der Waals surface area contributed by atoms with Crippen molar-refractivity contribution in [2.45, 2.75) is 90.5 Å². The highest BCUT2D eigenvalue weighted by atomic mass is 35.5. The summed E-state index contributed by atoms with van der Waals surface area (Å²) < 4.78 is 80.3. The van der Waals surface area contributed by atoms with Crippen LogP contribution < -0.4 is 32.8 Å². The third kappa shape index (κ3) is 15.4. The second-order valence-electron chi connectivity index (χ2n) is 24.4. The van der Waals surface area contributed by atoms with E-state index < -0.39 is 37.9 Å². The molecule has 10 aromatic rings. The van der Waals surface area contributed by atoms with Gasteiger partial charge in [-0.1, -0.05) is 128 Å². The van der Waals surface area contributed by atoms with E-state index in [1.807, 2.05) is 135 Å². The third-order valence-electron chi connectivity index (χ3n) is 17.1. The highest BCUT2D eigenvalue weighted by Crippen LogP contribution is 2.50. The number of aromatic nitrogens is 5. The minimum Gasteiger partial charge on any atom is -0.543 e. The molecule has 3 aromatic heterocycles. The van der Waals surface area contributed by atoms with Crippen LogP contribution in [0.1, 0.15) is 66.8 Å². The summed E-state index contributed by atoms with van der Waals surface area (Å²) in [6.45, 7) is 20.2. The zero-order chi connectivity index (χ0) is 69.2. The van der Waals surface area contributed by atoms with E-state index in [4.69, 9.17) is 96.8 Å². The van der Waals surface area contributed by atoms with E-state index in [9.17, 15) is 9.18 Å². The molecule has 504 valence electrons. The van der Waals surface area contributed by atoms with Gasteiger partial charge in [0.15, 0.2) is 11.6 Å². The number of carbonyl (C=O) groups excluding carboxylic acids is 1. The number of fused-ring (bicyclic) bond motifs is 1. The number of nitrogens with zero attached hydrogens (tertiary/aromatic N) is 5. The molecule has 2 atom stereocenters. The maximum absolute atomic E-state index is 15.0. The van der Waals surface area contributed by atoms with Crippen molar-refractivity contribution in [1.82, 2.24) is 24.5 Å². The lowest BCUT2D eigenvalue weighted by Gasteiger charge is -2.37. The van der Waals surface area contributed by atoms with Gasteiger partial charge in [0, 0.05) is 23.7 Å². The summed E-state index contributed by atoms with van der Waals surface area (Å²) in [6.07, 6.45) is 2.23. The van der Waals surface area contributed by atoms with E-state index in [-0.39, 0.29) is 82.2 Å². The topological polar surface area (TPSA) is 166 Å². The molecule has 0 saturated carbocycles. The predicted molar refractivity (Wildman–Crippen MR) is 380 cm³/mol. The SMILES string of the molecule is C=CCOC[C@H](COC(c1ccccc1)(c1ccc(OC)cc1)c1ccc(OC)cc1)Oc1c(Cl)c(C)c(-n2c(-c3ccc(F)cc3)c(Cl)c3ncnc(O[C@H](Cc4cc(O[Si](C)(C)C(C)(C)C)ccc4OCc4ccnc(-c5ccccc5OC)n4)C(=O)OCC)c32)c(C)c1Cl. The first-order valence-corrected chi connectivity index (χ1v) is 35.6. The van der Waals surface area contributed by atoms with Crippen LogP contribution in [0.15, 0.2) is 177 Å². The molecule has 0 radical (unpaired) electrons. The molecule has 3 heterocycles. The van der Waals surface area contributed by atoms with E-state index in [1.54, 1.807) is 63.3 Å². The van der Waals surface area contributed by atoms with Crippen LogP contribution in [0.3, 0.4) is 0 Å². The highest BCUT2D eigenvalue weighted by Gasteiger charge is 2.41. The van der Waals surface area contributed by atoms with Crippen LogP contribution in [0.2, 0.25) is 33.2 Å². The number of benzene rings is 7. The van der Waals surface area contributed by atoms with Gasteiger partial charge in [-0.25, -0.2) is 24.1 Å². The fourth-order valence-electron chi connectivity index (χ4n) is 11.1. The molecular weight excluding hydrogens is 1310 g/mol. The fourth-order valence-corrected chi connectivity index (χ4v) is 13.0. The monoisotopic (exact) mass is 1390 g/mol. The van der Waals surface area contributed by atoms with Crippen LogP contribution in [0.5, 0.6) is 40.4 Å². The first-order chi connectivity index (χ1) is 46.6. The predicted octanol–water partition coefficient (Wildman–Crippen LogP) is 17.8. The number of carbonyl (C=O) groups is 1. The molecule has 0 aliphatic rings. The number of para-hydroxylation sites is 1. The number of hydrogen-bond donors (Lipinski definition) is 0. The van der Waals surface area contributed by atoms with Gasteiger partial charge in [-0.05, 0) is 152 Å². The summed E-state index contributed by atoms with van der Waals surface area (Å²) in [5.74, 6) is 2.26. The van der Waals surface area contributed by atoms with E-state index in [0.29, 0.717) is 79.5 Å². The summed E-state index contributed by atoms with van der Waals surface area (Å²) in [4.78, 5) is 33.5. The number of hydrogen-bond acceptors (Lipinski definition) is 15. The van der Waals surface area contributed by atoms with Gasteiger partial charge in [0.05, 0.1) is 85.5 Å². The Balaban J connectivity index is 1.07. The van der Waals surface area contributed by atoms with Gasteiger partial charge < -0.3 is 51.6 Å². The maximum atomic E-state index is 15.0. The second-order valence-corrected chi connectivity index (χ2v) is 30.2. The Labute approximate surface area is 581 Å². The van der Waals surface area contributed by atoms with Crippen LogP contribution >= 0.6 is 34.8 Å². The first kappa shape index (κ1) is 70.8. The summed E-state index contributed by atoms with van der Waals surface area (Å²) in [6, 6.07) is 45.9.